The van der Waals surface area contributed by atoms with Crippen molar-refractivity contribution in [3.8, 4) is 5.75 Å². The first-order chi connectivity index (χ1) is 17.6. The maximum absolute atomic E-state index is 14.2. The fourth-order valence-electron chi connectivity index (χ4n) is 5.25. The molecule has 2 fully saturated rings. The second kappa shape index (κ2) is 10.8. The molecule has 0 N–H and O–H groups in total. The van der Waals surface area contributed by atoms with Crippen LogP contribution >= 0.6 is 11.3 Å². The highest BCUT2D eigenvalue weighted by Gasteiger charge is 2.56. The molecular formula is C26H30F3N3O4S. The number of piperidine rings is 2. The van der Waals surface area contributed by atoms with Crippen molar-refractivity contribution in [2.75, 3.05) is 19.6 Å². The molecule has 2 aromatic rings. The Hall–Kier alpha value is -2.95. The standard InChI is InChI=1S/C26H30F3N3O4S/c1-3-6-21-25(36-19-15-17(2)37-16-19,24(35)31-13-8-18(33)9-14-31)10-5-12-32(21)23(34)22-20(26(27,28)29)7-4-11-30-22/h4,7,11,15-16,21H,3,5-6,8-10,12-14H2,1-2H3/t21-,25+/m1/s1. The topological polar surface area (TPSA) is 79.8 Å². The second-order valence-corrected chi connectivity index (χ2v) is 10.6. The van der Waals surface area contributed by atoms with E-state index in [-0.39, 0.29) is 44.2 Å². The number of ether oxygens (including phenoxy) is 1. The molecule has 2 atom stereocenters. The molecule has 2 aliphatic rings. The molecule has 0 spiro atoms. The average Bonchev–Trinajstić information content (AvgIpc) is 3.28. The number of ketones is 1. The molecular weight excluding hydrogens is 507 g/mol. The summed E-state index contributed by atoms with van der Waals surface area (Å²) in [5.41, 5.74) is -3.29. The molecule has 200 valence electrons. The monoisotopic (exact) mass is 537 g/mol. The number of aromatic nitrogens is 1. The molecule has 4 heterocycles. The van der Waals surface area contributed by atoms with Gasteiger partial charge in [-0.25, -0.2) is 0 Å². The summed E-state index contributed by atoms with van der Waals surface area (Å²) < 4.78 is 47.7. The van der Waals surface area contributed by atoms with Crippen LogP contribution in [0, 0.1) is 6.92 Å². The highest BCUT2D eigenvalue weighted by atomic mass is 32.1. The predicted octanol–water partition coefficient (Wildman–Crippen LogP) is 4.88. The van der Waals surface area contributed by atoms with E-state index in [4.69, 9.17) is 4.74 Å². The Morgan fingerprint density at radius 2 is 1.97 bits per heavy atom. The number of nitrogens with zero attached hydrogens (tertiary/aromatic N) is 3. The number of Topliss-reactive ketones (excluding diaryl/α,β-unsaturated/α-hetero) is 1. The lowest BCUT2D eigenvalue weighted by molar-refractivity contribution is -0.160. The van der Waals surface area contributed by atoms with Crippen LogP contribution in [0.3, 0.4) is 0 Å². The Labute approximate surface area is 217 Å². The highest BCUT2D eigenvalue weighted by Crippen LogP contribution is 2.40. The average molecular weight is 538 g/mol. The van der Waals surface area contributed by atoms with Crippen LogP contribution in [0.25, 0.3) is 0 Å². The van der Waals surface area contributed by atoms with E-state index in [9.17, 15) is 27.6 Å². The summed E-state index contributed by atoms with van der Waals surface area (Å²) in [4.78, 5) is 47.4. The van der Waals surface area contributed by atoms with E-state index >= 15 is 0 Å². The first kappa shape index (κ1) is 27.1. The Morgan fingerprint density at radius 1 is 1.24 bits per heavy atom. The number of carbonyl (C=O) groups is 3. The molecule has 4 rings (SSSR count). The molecule has 0 saturated carbocycles. The number of aryl methyl sites for hydroxylation is 1. The first-order valence-corrected chi connectivity index (χ1v) is 13.3. The van der Waals surface area contributed by atoms with Gasteiger partial charge in [-0.2, -0.15) is 13.2 Å². The van der Waals surface area contributed by atoms with Crippen molar-refractivity contribution in [1.29, 1.82) is 0 Å². The molecule has 2 amide bonds. The molecule has 7 nitrogen and oxygen atoms in total. The Morgan fingerprint density at radius 3 is 2.59 bits per heavy atom. The Kier molecular flexibility index (Phi) is 7.91. The van der Waals surface area contributed by atoms with E-state index in [1.807, 2.05) is 19.9 Å². The van der Waals surface area contributed by atoms with E-state index in [0.29, 0.717) is 31.4 Å². The molecule has 0 aliphatic carbocycles. The van der Waals surface area contributed by atoms with Gasteiger partial charge in [0.15, 0.2) is 0 Å². The van der Waals surface area contributed by atoms with Gasteiger partial charge in [0.05, 0.1) is 11.6 Å². The number of carbonyl (C=O) groups excluding carboxylic acids is 3. The van der Waals surface area contributed by atoms with Gasteiger partial charge in [0.2, 0.25) is 5.60 Å². The van der Waals surface area contributed by atoms with Gasteiger partial charge in [-0.05, 0) is 38.0 Å². The number of pyridine rings is 1. The van der Waals surface area contributed by atoms with Gasteiger partial charge < -0.3 is 14.5 Å². The number of thiophene rings is 1. The lowest BCUT2D eigenvalue weighted by Gasteiger charge is -2.50. The maximum Gasteiger partial charge on any atom is 0.418 e. The zero-order valence-electron chi connectivity index (χ0n) is 20.8. The molecule has 11 heteroatoms. The summed E-state index contributed by atoms with van der Waals surface area (Å²) in [6.45, 7) is 4.47. The molecule has 0 bridgehead atoms. The fraction of sp³-hybridized carbons (Fsp3) is 0.538. The van der Waals surface area contributed by atoms with E-state index in [2.05, 4.69) is 4.98 Å². The minimum atomic E-state index is -4.76. The van der Waals surface area contributed by atoms with Crippen LogP contribution in [0.1, 0.15) is 66.4 Å². The van der Waals surface area contributed by atoms with E-state index < -0.39 is 35.0 Å². The second-order valence-electron chi connectivity index (χ2n) is 9.52. The lowest BCUT2D eigenvalue weighted by atomic mass is 9.79. The predicted molar refractivity (Wildman–Crippen MR) is 131 cm³/mol. The van der Waals surface area contributed by atoms with Crippen LogP contribution in [0.2, 0.25) is 0 Å². The van der Waals surface area contributed by atoms with Crippen LogP contribution < -0.4 is 4.74 Å². The number of rotatable bonds is 6. The van der Waals surface area contributed by atoms with Crippen LogP contribution in [-0.4, -0.2) is 63.7 Å². The van der Waals surface area contributed by atoms with Gasteiger partial charge in [-0.1, -0.05) is 13.3 Å². The summed E-state index contributed by atoms with van der Waals surface area (Å²) in [6, 6.07) is 2.98. The SMILES string of the molecule is CCC[C@H]1N(C(=O)c2ncccc2C(F)(F)F)CCC[C@@]1(Oc1csc(C)c1)C(=O)N1CCC(=O)CC1. The smallest absolute Gasteiger partial charge is 0.418 e. The van der Waals surface area contributed by atoms with Crippen molar-refractivity contribution >= 4 is 28.9 Å². The zero-order chi connectivity index (χ0) is 26.8. The maximum atomic E-state index is 14.2. The third-order valence-electron chi connectivity index (χ3n) is 6.98. The quantitative estimate of drug-likeness (QED) is 0.525. The molecule has 2 aromatic heterocycles. The molecule has 0 radical (unpaired) electrons. The fourth-order valence-corrected chi connectivity index (χ4v) is 5.86. The third kappa shape index (κ3) is 5.51. The summed E-state index contributed by atoms with van der Waals surface area (Å²) in [6.07, 6.45) is -1.53. The van der Waals surface area contributed by atoms with E-state index in [1.165, 1.54) is 16.2 Å². The van der Waals surface area contributed by atoms with Gasteiger partial charge in [-0.3, -0.25) is 19.4 Å². The lowest BCUT2D eigenvalue weighted by Crippen LogP contribution is -2.68. The Balaban J connectivity index is 1.78. The van der Waals surface area contributed by atoms with Crippen molar-refractivity contribution in [1.82, 2.24) is 14.8 Å². The Bertz CT molecular complexity index is 1160. The minimum Gasteiger partial charge on any atom is -0.474 e. The van der Waals surface area contributed by atoms with Crippen LogP contribution in [0.5, 0.6) is 5.75 Å². The number of hydrogen-bond acceptors (Lipinski definition) is 6. The molecule has 2 saturated heterocycles. The van der Waals surface area contributed by atoms with Crippen LogP contribution in [0.15, 0.2) is 29.8 Å². The van der Waals surface area contributed by atoms with Crippen molar-refractivity contribution < 1.29 is 32.3 Å². The van der Waals surface area contributed by atoms with Gasteiger partial charge in [0.1, 0.15) is 17.2 Å². The number of likely N-dealkylation sites (tertiary alicyclic amines) is 2. The first-order valence-electron chi connectivity index (χ1n) is 12.4. The van der Waals surface area contributed by atoms with Crippen LogP contribution in [-0.2, 0) is 15.8 Å². The van der Waals surface area contributed by atoms with E-state index in [1.54, 1.807) is 10.3 Å². The van der Waals surface area contributed by atoms with Gasteiger partial charge in [-0.15, -0.1) is 11.3 Å². The largest absolute Gasteiger partial charge is 0.474 e. The van der Waals surface area contributed by atoms with Crippen molar-refractivity contribution in [2.45, 2.75) is 70.2 Å². The zero-order valence-corrected chi connectivity index (χ0v) is 21.7. The molecule has 2 aliphatic heterocycles. The summed E-state index contributed by atoms with van der Waals surface area (Å²) in [5.74, 6) is -0.653. The minimum absolute atomic E-state index is 0.0767. The van der Waals surface area contributed by atoms with Crippen molar-refractivity contribution in [3.63, 3.8) is 0 Å². The number of amides is 2. The van der Waals surface area contributed by atoms with Crippen molar-refractivity contribution in [2.24, 2.45) is 0 Å². The summed E-state index contributed by atoms with van der Waals surface area (Å²) >= 11 is 1.45. The summed E-state index contributed by atoms with van der Waals surface area (Å²) in [5, 5.41) is 1.79. The highest BCUT2D eigenvalue weighted by molar-refractivity contribution is 7.10. The normalized spacial score (nSPS) is 22.7. The number of halogens is 3. The van der Waals surface area contributed by atoms with Crippen molar-refractivity contribution in [3.05, 3.63) is 45.9 Å². The molecule has 37 heavy (non-hydrogen) atoms. The van der Waals surface area contributed by atoms with Gasteiger partial charge in [0, 0.05) is 55.4 Å². The number of hydrogen-bond donors (Lipinski definition) is 0. The summed E-state index contributed by atoms with van der Waals surface area (Å²) in [7, 11) is 0. The molecule has 0 aromatic carbocycles. The van der Waals surface area contributed by atoms with Gasteiger partial charge >= 0.3 is 6.18 Å². The van der Waals surface area contributed by atoms with Gasteiger partial charge in [0.25, 0.3) is 11.8 Å². The third-order valence-corrected chi connectivity index (χ3v) is 7.82. The van der Waals surface area contributed by atoms with E-state index in [0.717, 1.165) is 23.2 Å². The number of alkyl halides is 3. The van der Waals surface area contributed by atoms with Crippen LogP contribution in [0.4, 0.5) is 13.2 Å². The molecule has 0 unspecified atom stereocenters.